The lowest BCUT2D eigenvalue weighted by Crippen LogP contribution is -2.56. The van der Waals surface area contributed by atoms with Crippen LogP contribution in [0.4, 0.5) is 5.69 Å². The van der Waals surface area contributed by atoms with Crippen LogP contribution >= 0.6 is 0 Å². The number of rotatable bonds is 2. The second kappa shape index (κ2) is 4.57. The molecule has 0 aliphatic carbocycles. The number of hydrogen-bond acceptors (Lipinski definition) is 3. The molecule has 1 saturated heterocycles. The van der Waals surface area contributed by atoms with Crippen LogP contribution in [0.15, 0.2) is 24.3 Å². The Balaban J connectivity index is 2.25. The number of benzene rings is 1. The third-order valence-electron chi connectivity index (χ3n) is 3.75. The third-order valence-corrected chi connectivity index (χ3v) is 3.75. The van der Waals surface area contributed by atoms with Gasteiger partial charge >= 0.3 is 0 Å². The largest absolute Gasteiger partial charge is 0.497 e. The molecule has 1 fully saturated rings. The van der Waals surface area contributed by atoms with E-state index in [1.807, 2.05) is 12.1 Å². The van der Waals surface area contributed by atoms with Crippen molar-refractivity contribution in [2.45, 2.75) is 38.3 Å². The molecule has 1 aliphatic heterocycles. The van der Waals surface area contributed by atoms with Gasteiger partial charge in [0.25, 0.3) is 0 Å². The van der Waals surface area contributed by atoms with Crippen LogP contribution in [0.5, 0.6) is 5.75 Å². The third kappa shape index (κ3) is 2.25. The number of ether oxygens (including phenoxy) is 1. The average molecular weight is 235 g/mol. The Hall–Kier alpha value is -1.22. The van der Waals surface area contributed by atoms with Gasteiger partial charge in [-0.25, -0.2) is 0 Å². The minimum Gasteiger partial charge on any atom is -0.497 e. The minimum atomic E-state index is -0.265. The van der Waals surface area contributed by atoms with Gasteiger partial charge in [-0.2, -0.15) is 0 Å². The fraction of sp³-hybridized carbons (Fsp3) is 0.571. The molecule has 2 rings (SSSR count). The van der Waals surface area contributed by atoms with Crippen LogP contribution in [0, 0.1) is 0 Å². The van der Waals surface area contributed by atoms with Crippen molar-refractivity contribution in [1.82, 2.24) is 0 Å². The van der Waals surface area contributed by atoms with Gasteiger partial charge in [0.2, 0.25) is 0 Å². The Morgan fingerprint density at radius 2 is 1.94 bits per heavy atom. The SMILES string of the molecule is COc1ccc(N2CCCC(O)C2(C)C)cc1. The van der Waals surface area contributed by atoms with Crippen molar-refractivity contribution in [3.8, 4) is 5.75 Å². The summed E-state index contributed by atoms with van der Waals surface area (Å²) >= 11 is 0. The highest BCUT2D eigenvalue weighted by Crippen LogP contribution is 2.33. The summed E-state index contributed by atoms with van der Waals surface area (Å²) in [5, 5.41) is 10.1. The maximum absolute atomic E-state index is 10.1. The summed E-state index contributed by atoms with van der Waals surface area (Å²) in [4.78, 5) is 2.28. The Morgan fingerprint density at radius 1 is 1.29 bits per heavy atom. The fourth-order valence-electron chi connectivity index (χ4n) is 2.49. The zero-order valence-electron chi connectivity index (χ0n) is 10.8. The van der Waals surface area contributed by atoms with E-state index in [2.05, 4.69) is 30.9 Å². The van der Waals surface area contributed by atoms with E-state index < -0.39 is 0 Å². The summed E-state index contributed by atoms with van der Waals surface area (Å²) in [6, 6.07) is 8.04. The summed E-state index contributed by atoms with van der Waals surface area (Å²) in [6.45, 7) is 5.19. The van der Waals surface area contributed by atoms with Gasteiger partial charge in [-0.15, -0.1) is 0 Å². The van der Waals surface area contributed by atoms with Crippen LogP contribution < -0.4 is 9.64 Å². The van der Waals surface area contributed by atoms with E-state index in [1.54, 1.807) is 7.11 Å². The molecule has 0 bridgehead atoms. The number of anilines is 1. The van der Waals surface area contributed by atoms with Crippen molar-refractivity contribution in [2.24, 2.45) is 0 Å². The van der Waals surface area contributed by atoms with E-state index in [9.17, 15) is 5.11 Å². The lowest BCUT2D eigenvalue weighted by atomic mass is 9.87. The van der Waals surface area contributed by atoms with E-state index in [-0.39, 0.29) is 11.6 Å². The predicted octanol–water partition coefficient (Wildman–Crippen LogP) is 2.43. The van der Waals surface area contributed by atoms with Gasteiger partial charge in [-0.3, -0.25) is 0 Å². The molecule has 1 aromatic carbocycles. The second-order valence-corrected chi connectivity index (χ2v) is 5.16. The van der Waals surface area contributed by atoms with Gasteiger partial charge in [0, 0.05) is 12.2 Å². The molecule has 0 saturated carbocycles. The van der Waals surface area contributed by atoms with Gasteiger partial charge in [0.1, 0.15) is 5.75 Å². The Labute approximate surface area is 103 Å². The molecule has 1 aliphatic rings. The topological polar surface area (TPSA) is 32.7 Å². The summed E-state index contributed by atoms with van der Waals surface area (Å²) in [5.74, 6) is 0.865. The zero-order chi connectivity index (χ0) is 12.5. The molecule has 3 nitrogen and oxygen atoms in total. The standard InChI is InChI=1S/C14H21NO2/c1-14(2)13(16)5-4-10-15(14)11-6-8-12(17-3)9-7-11/h6-9,13,16H,4-5,10H2,1-3H3. The van der Waals surface area contributed by atoms with Crippen LogP contribution in [-0.2, 0) is 0 Å². The number of aliphatic hydroxyl groups excluding tert-OH is 1. The highest BCUT2D eigenvalue weighted by atomic mass is 16.5. The number of aliphatic hydroxyl groups is 1. The average Bonchev–Trinajstić information content (AvgIpc) is 2.33. The first-order chi connectivity index (χ1) is 8.05. The first-order valence-electron chi connectivity index (χ1n) is 6.15. The maximum atomic E-state index is 10.1. The van der Waals surface area contributed by atoms with Crippen LogP contribution in [0.25, 0.3) is 0 Å². The Morgan fingerprint density at radius 3 is 2.53 bits per heavy atom. The normalized spacial score (nSPS) is 23.5. The zero-order valence-corrected chi connectivity index (χ0v) is 10.8. The van der Waals surface area contributed by atoms with Crippen molar-refractivity contribution in [1.29, 1.82) is 0 Å². The van der Waals surface area contributed by atoms with E-state index >= 15 is 0 Å². The molecule has 0 amide bonds. The van der Waals surface area contributed by atoms with Gasteiger partial charge in [-0.1, -0.05) is 0 Å². The first-order valence-corrected chi connectivity index (χ1v) is 6.15. The highest BCUT2D eigenvalue weighted by Gasteiger charge is 2.37. The number of piperidine rings is 1. The monoisotopic (exact) mass is 235 g/mol. The Kier molecular flexibility index (Phi) is 3.29. The van der Waals surface area contributed by atoms with E-state index in [1.165, 1.54) is 0 Å². The van der Waals surface area contributed by atoms with Gasteiger partial charge in [0.05, 0.1) is 18.8 Å². The molecular weight excluding hydrogens is 214 g/mol. The molecule has 17 heavy (non-hydrogen) atoms. The van der Waals surface area contributed by atoms with Crippen molar-refractivity contribution < 1.29 is 9.84 Å². The summed E-state index contributed by atoms with van der Waals surface area (Å²) in [6.07, 6.45) is 1.66. The molecular formula is C14H21NO2. The lowest BCUT2D eigenvalue weighted by Gasteiger charge is -2.47. The maximum Gasteiger partial charge on any atom is 0.119 e. The lowest BCUT2D eigenvalue weighted by molar-refractivity contribution is 0.0711. The van der Waals surface area contributed by atoms with Crippen LogP contribution in [0.3, 0.4) is 0 Å². The fourth-order valence-corrected chi connectivity index (χ4v) is 2.49. The van der Waals surface area contributed by atoms with Crippen molar-refractivity contribution in [3.05, 3.63) is 24.3 Å². The van der Waals surface area contributed by atoms with Crippen molar-refractivity contribution in [2.75, 3.05) is 18.6 Å². The molecule has 1 unspecified atom stereocenters. The van der Waals surface area contributed by atoms with Crippen molar-refractivity contribution in [3.63, 3.8) is 0 Å². The van der Waals surface area contributed by atoms with Gasteiger partial charge < -0.3 is 14.7 Å². The number of nitrogens with zero attached hydrogens (tertiary/aromatic N) is 1. The highest BCUT2D eigenvalue weighted by molar-refractivity contribution is 5.52. The molecule has 0 spiro atoms. The van der Waals surface area contributed by atoms with E-state index in [0.717, 1.165) is 30.8 Å². The second-order valence-electron chi connectivity index (χ2n) is 5.16. The van der Waals surface area contributed by atoms with Crippen LogP contribution in [-0.4, -0.2) is 30.4 Å². The van der Waals surface area contributed by atoms with Crippen LogP contribution in [0.2, 0.25) is 0 Å². The summed E-state index contributed by atoms with van der Waals surface area (Å²) < 4.78 is 5.16. The number of hydrogen-bond donors (Lipinski definition) is 1. The molecule has 1 heterocycles. The first kappa shape index (κ1) is 12.2. The Bertz CT molecular complexity index is 372. The molecule has 1 aromatic rings. The quantitative estimate of drug-likeness (QED) is 0.854. The number of methoxy groups -OCH3 is 1. The molecule has 3 heteroatoms. The summed E-state index contributed by atoms with van der Waals surface area (Å²) in [7, 11) is 1.67. The predicted molar refractivity (Wildman–Crippen MR) is 69.7 cm³/mol. The molecule has 94 valence electrons. The molecule has 1 atom stereocenters. The van der Waals surface area contributed by atoms with Gasteiger partial charge in [0.15, 0.2) is 0 Å². The van der Waals surface area contributed by atoms with E-state index in [0.29, 0.717) is 0 Å². The molecule has 1 N–H and O–H groups in total. The molecule has 0 radical (unpaired) electrons. The summed E-state index contributed by atoms with van der Waals surface area (Å²) in [5.41, 5.74) is 0.946. The molecule has 0 aromatic heterocycles. The van der Waals surface area contributed by atoms with Crippen molar-refractivity contribution >= 4 is 5.69 Å². The minimum absolute atomic E-state index is 0.202. The van der Waals surface area contributed by atoms with Crippen LogP contribution in [0.1, 0.15) is 26.7 Å². The smallest absolute Gasteiger partial charge is 0.119 e. The van der Waals surface area contributed by atoms with Gasteiger partial charge in [-0.05, 0) is 51.0 Å². The van der Waals surface area contributed by atoms with E-state index in [4.69, 9.17) is 4.74 Å².